The molecule has 0 aliphatic carbocycles. The third-order valence-corrected chi connectivity index (χ3v) is 1.78. The lowest BCUT2D eigenvalue weighted by Gasteiger charge is -2.03. The van der Waals surface area contributed by atoms with Gasteiger partial charge in [0.15, 0.2) is 0 Å². The molecule has 0 amide bonds. The highest BCUT2D eigenvalue weighted by Gasteiger charge is 2.00. The van der Waals surface area contributed by atoms with Crippen LogP contribution in [0.1, 0.15) is 6.92 Å². The Morgan fingerprint density at radius 2 is 2.31 bits per heavy atom. The van der Waals surface area contributed by atoms with E-state index in [0.29, 0.717) is 12.4 Å². The molecule has 70 valence electrons. The van der Waals surface area contributed by atoms with Gasteiger partial charge in [-0.25, -0.2) is 4.39 Å². The highest BCUT2D eigenvalue weighted by atomic mass is 35.5. The summed E-state index contributed by atoms with van der Waals surface area (Å²) in [6.07, 6.45) is 3.71. The Labute approximate surface area is 81.8 Å². The second kappa shape index (κ2) is 4.87. The zero-order chi connectivity index (χ0) is 9.68. The summed E-state index contributed by atoms with van der Waals surface area (Å²) in [7, 11) is 0. The van der Waals surface area contributed by atoms with E-state index in [2.05, 4.69) is 0 Å². The molecule has 0 saturated heterocycles. The van der Waals surface area contributed by atoms with Gasteiger partial charge in [-0.1, -0.05) is 23.8 Å². The standard InChI is InChI=1S/C10H10ClFO/c1-2-3-6-13-8-4-5-9(11)10(12)7-8/h2-5,7H,6H2,1H3/b3-2+. The Balaban J connectivity index is 2.63. The molecule has 0 unspecified atom stereocenters. The summed E-state index contributed by atoms with van der Waals surface area (Å²) < 4.78 is 18.1. The Kier molecular flexibility index (Phi) is 3.77. The molecule has 1 aromatic carbocycles. The summed E-state index contributed by atoms with van der Waals surface area (Å²) in [4.78, 5) is 0. The van der Waals surface area contributed by atoms with Gasteiger partial charge in [-0.2, -0.15) is 0 Å². The van der Waals surface area contributed by atoms with E-state index < -0.39 is 5.82 Å². The summed E-state index contributed by atoms with van der Waals surface area (Å²) in [5, 5.41) is 0.110. The van der Waals surface area contributed by atoms with Crippen LogP contribution in [0.2, 0.25) is 5.02 Å². The third kappa shape index (κ3) is 3.07. The molecule has 0 spiro atoms. The van der Waals surface area contributed by atoms with Crippen LogP contribution in [0.5, 0.6) is 5.75 Å². The molecule has 0 aliphatic heterocycles. The minimum atomic E-state index is -0.459. The number of hydrogen-bond donors (Lipinski definition) is 0. The molecule has 1 nitrogen and oxygen atoms in total. The van der Waals surface area contributed by atoms with Crippen molar-refractivity contribution in [3.63, 3.8) is 0 Å². The quantitative estimate of drug-likeness (QED) is 0.680. The van der Waals surface area contributed by atoms with Crippen molar-refractivity contribution >= 4 is 11.6 Å². The van der Waals surface area contributed by atoms with Gasteiger partial charge in [0.25, 0.3) is 0 Å². The van der Waals surface area contributed by atoms with Gasteiger partial charge < -0.3 is 4.74 Å². The topological polar surface area (TPSA) is 9.23 Å². The lowest BCUT2D eigenvalue weighted by Crippen LogP contribution is -1.93. The summed E-state index contributed by atoms with van der Waals surface area (Å²) in [6.45, 7) is 2.34. The van der Waals surface area contributed by atoms with Crippen molar-refractivity contribution in [1.29, 1.82) is 0 Å². The number of allylic oxidation sites excluding steroid dienone is 1. The Hall–Kier alpha value is -1.02. The Morgan fingerprint density at radius 1 is 1.54 bits per heavy atom. The van der Waals surface area contributed by atoms with Gasteiger partial charge in [0.05, 0.1) is 5.02 Å². The zero-order valence-corrected chi connectivity index (χ0v) is 8.01. The van der Waals surface area contributed by atoms with Gasteiger partial charge in [0.2, 0.25) is 0 Å². The molecular formula is C10H10ClFO. The molecule has 0 heterocycles. The van der Waals surface area contributed by atoms with E-state index in [1.165, 1.54) is 12.1 Å². The van der Waals surface area contributed by atoms with E-state index in [9.17, 15) is 4.39 Å². The van der Waals surface area contributed by atoms with Crippen LogP contribution < -0.4 is 4.74 Å². The lowest BCUT2D eigenvalue weighted by atomic mass is 10.3. The van der Waals surface area contributed by atoms with Crippen LogP contribution in [0.15, 0.2) is 30.4 Å². The van der Waals surface area contributed by atoms with E-state index in [1.54, 1.807) is 6.07 Å². The molecule has 0 fully saturated rings. The predicted octanol–water partition coefficient (Wildman–Crippen LogP) is 3.43. The van der Waals surface area contributed by atoms with Crippen molar-refractivity contribution in [2.75, 3.05) is 6.61 Å². The fraction of sp³-hybridized carbons (Fsp3) is 0.200. The summed E-state index contributed by atoms with van der Waals surface area (Å²) >= 11 is 5.50. The first-order valence-electron chi connectivity index (χ1n) is 3.93. The molecule has 0 aromatic heterocycles. The molecule has 3 heteroatoms. The number of rotatable bonds is 3. The van der Waals surface area contributed by atoms with Gasteiger partial charge in [-0.15, -0.1) is 0 Å². The minimum Gasteiger partial charge on any atom is -0.489 e. The second-order valence-corrected chi connectivity index (χ2v) is 2.86. The van der Waals surface area contributed by atoms with Gasteiger partial charge in [-0.05, 0) is 19.1 Å². The van der Waals surface area contributed by atoms with Gasteiger partial charge in [0.1, 0.15) is 18.2 Å². The minimum absolute atomic E-state index is 0.110. The first-order chi connectivity index (χ1) is 6.24. The van der Waals surface area contributed by atoms with Gasteiger partial charge in [0, 0.05) is 6.07 Å². The van der Waals surface area contributed by atoms with Crippen LogP contribution in [-0.2, 0) is 0 Å². The fourth-order valence-corrected chi connectivity index (χ4v) is 0.925. The van der Waals surface area contributed by atoms with Crippen LogP contribution in [0, 0.1) is 5.82 Å². The molecule has 1 rings (SSSR count). The summed E-state index contributed by atoms with van der Waals surface area (Å²) in [5.74, 6) is 0.0274. The van der Waals surface area contributed by atoms with Crippen LogP contribution in [-0.4, -0.2) is 6.61 Å². The van der Waals surface area contributed by atoms with Gasteiger partial charge >= 0.3 is 0 Å². The van der Waals surface area contributed by atoms with E-state index in [1.807, 2.05) is 19.1 Å². The Bertz CT molecular complexity index is 310. The van der Waals surface area contributed by atoms with Gasteiger partial charge in [-0.3, -0.25) is 0 Å². The highest BCUT2D eigenvalue weighted by Crippen LogP contribution is 2.20. The van der Waals surface area contributed by atoms with Crippen molar-refractivity contribution in [3.05, 3.63) is 41.2 Å². The van der Waals surface area contributed by atoms with Crippen molar-refractivity contribution < 1.29 is 9.13 Å². The molecule has 1 aromatic rings. The maximum Gasteiger partial charge on any atom is 0.145 e. The first kappa shape index (κ1) is 10.1. The number of benzene rings is 1. The molecule has 0 atom stereocenters. The molecule has 0 saturated carbocycles. The largest absolute Gasteiger partial charge is 0.489 e. The SMILES string of the molecule is C/C=C/COc1ccc(Cl)c(F)c1. The lowest BCUT2D eigenvalue weighted by molar-refractivity contribution is 0.360. The zero-order valence-electron chi connectivity index (χ0n) is 7.26. The molecule has 0 N–H and O–H groups in total. The van der Waals surface area contributed by atoms with Crippen LogP contribution in [0.4, 0.5) is 4.39 Å². The van der Waals surface area contributed by atoms with E-state index in [0.717, 1.165) is 0 Å². The fourth-order valence-electron chi connectivity index (χ4n) is 0.807. The predicted molar refractivity (Wildman–Crippen MR) is 51.7 cm³/mol. The Morgan fingerprint density at radius 3 is 2.92 bits per heavy atom. The highest BCUT2D eigenvalue weighted by molar-refractivity contribution is 6.30. The number of halogens is 2. The van der Waals surface area contributed by atoms with Crippen molar-refractivity contribution in [1.82, 2.24) is 0 Å². The first-order valence-corrected chi connectivity index (χ1v) is 4.31. The van der Waals surface area contributed by atoms with Crippen molar-refractivity contribution in [2.24, 2.45) is 0 Å². The normalized spacial score (nSPS) is 10.7. The summed E-state index contributed by atoms with van der Waals surface area (Å²) in [5.41, 5.74) is 0. The molecule has 0 bridgehead atoms. The monoisotopic (exact) mass is 200 g/mol. The van der Waals surface area contributed by atoms with Crippen LogP contribution in [0.25, 0.3) is 0 Å². The molecular weight excluding hydrogens is 191 g/mol. The van der Waals surface area contributed by atoms with Crippen LogP contribution in [0.3, 0.4) is 0 Å². The smallest absolute Gasteiger partial charge is 0.145 e. The third-order valence-electron chi connectivity index (χ3n) is 1.47. The van der Waals surface area contributed by atoms with E-state index >= 15 is 0 Å². The maximum atomic E-state index is 12.9. The second-order valence-electron chi connectivity index (χ2n) is 2.46. The number of ether oxygens (including phenoxy) is 1. The van der Waals surface area contributed by atoms with Crippen LogP contribution >= 0.6 is 11.6 Å². The average molecular weight is 201 g/mol. The van der Waals surface area contributed by atoms with Crippen molar-refractivity contribution in [2.45, 2.75) is 6.92 Å². The summed E-state index contributed by atoms with van der Waals surface area (Å²) in [6, 6.07) is 4.38. The average Bonchev–Trinajstić information content (AvgIpc) is 2.12. The van der Waals surface area contributed by atoms with E-state index in [4.69, 9.17) is 16.3 Å². The maximum absolute atomic E-state index is 12.9. The number of hydrogen-bond acceptors (Lipinski definition) is 1. The molecule has 13 heavy (non-hydrogen) atoms. The van der Waals surface area contributed by atoms with E-state index in [-0.39, 0.29) is 5.02 Å². The van der Waals surface area contributed by atoms with Crippen molar-refractivity contribution in [3.8, 4) is 5.75 Å². The molecule has 0 radical (unpaired) electrons. The molecule has 0 aliphatic rings.